The molecule has 0 saturated carbocycles. The molecule has 1 rings (SSSR count). The summed E-state index contributed by atoms with van der Waals surface area (Å²) < 4.78 is 0. The Balaban J connectivity index is 2.87. The van der Waals surface area contributed by atoms with Crippen molar-refractivity contribution in [2.45, 2.75) is 18.2 Å². The van der Waals surface area contributed by atoms with E-state index >= 15 is 0 Å². The molecule has 14 heavy (non-hydrogen) atoms. The fourth-order valence-electron chi connectivity index (χ4n) is 1.17. The fraction of sp³-hybridized carbons (Fsp3) is 0.300. The zero-order valence-corrected chi connectivity index (χ0v) is 10.1. The molecule has 0 radical (unpaired) electrons. The minimum atomic E-state index is -0.357. The van der Waals surface area contributed by atoms with Crippen LogP contribution in [0, 0.1) is 6.92 Å². The molecule has 0 heterocycles. The summed E-state index contributed by atoms with van der Waals surface area (Å²) in [7, 11) is 0. The maximum absolute atomic E-state index is 10.8. The number of primary amides is 1. The van der Waals surface area contributed by atoms with Gasteiger partial charge in [0.2, 0.25) is 5.91 Å². The molecule has 1 unspecified atom stereocenters. The lowest BCUT2D eigenvalue weighted by atomic mass is 10.0. The van der Waals surface area contributed by atoms with E-state index in [4.69, 9.17) is 17.3 Å². The van der Waals surface area contributed by atoms with E-state index in [2.05, 4.69) is 15.9 Å². The molecule has 2 nitrogen and oxygen atoms in total. The Labute approximate surface area is 96.6 Å². The topological polar surface area (TPSA) is 43.1 Å². The fourth-order valence-corrected chi connectivity index (χ4v) is 1.71. The average molecular weight is 277 g/mol. The van der Waals surface area contributed by atoms with Crippen LogP contribution in [0.15, 0.2) is 18.2 Å². The number of nitrogens with two attached hydrogens (primary N) is 1. The van der Waals surface area contributed by atoms with Crippen molar-refractivity contribution in [3.05, 3.63) is 34.3 Å². The SMILES string of the molecule is Cc1c(Cl)cccc1CC(Br)C(N)=O. The third-order valence-electron chi connectivity index (χ3n) is 2.09. The van der Waals surface area contributed by atoms with Crippen LogP contribution in [0.25, 0.3) is 0 Å². The zero-order valence-electron chi connectivity index (χ0n) is 7.76. The Kier molecular flexibility index (Phi) is 3.96. The van der Waals surface area contributed by atoms with Crippen LogP contribution in [0.1, 0.15) is 11.1 Å². The van der Waals surface area contributed by atoms with E-state index in [1.165, 1.54) is 0 Å². The van der Waals surface area contributed by atoms with Crippen molar-refractivity contribution >= 4 is 33.4 Å². The number of benzene rings is 1. The van der Waals surface area contributed by atoms with E-state index < -0.39 is 0 Å². The van der Waals surface area contributed by atoms with E-state index in [0.717, 1.165) is 11.1 Å². The molecule has 0 saturated heterocycles. The normalized spacial score (nSPS) is 12.5. The first-order chi connectivity index (χ1) is 6.52. The van der Waals surface area contributed by atoms with E-state index in [0.29, 0.717) is 11.4 Å². The van der Waals surface area contributed by atoms with Crippen LogP contribution < -0.4 is 5.73 Å². The zero-order chi connectivity index (χ0) is 10.7. The Hall–Kier alpha value is -0.540. The number of hydrogen-bond donors (Lipinski definition) is 1. The van der Waals surface area contributed by atoms with Gasteiger partial charge in [-0.3, -0.25) is 4.79 Å². The Bertz CT molecular complexity index is 354. The van der Waals surface area contributed by atoms with Gasteiger partial charge in [0.25, 0.3) is 0 Å². The highest BCUT2D eigenvalue weighted by Crippen LogP contribution is 2.21. The van der Waals surface area contributed by atoms with Gasteiger partial charge >= 0.3 is 0 Å². The van der Waals surface area contributed by atoms with E-state index in [-0.39, 0.29) is 10.7 Å². The van der Waals surface area contributed by atoms with Gasteiger partial charge in [0.15, 0.2) is 0 Å². The van der Waals surface area contributed by atoms with E-state index in [9.17, 15) is 4.79 Å². The number of rotatable bonds is 3. The molecule has 1 aromatic rings. The summed E-state index contributed by atoms with van der Waals surface area (Å²) in [5.74, 6) is -0.357. The summed E-state index contributed by atoms with van der Waals surface area (Å²) in [4.78, 5) is 10.5. The Morgan fingerprint density at radius 2 is 2.29 bits per heavy atom. The highest BCUT2D eigenvalue weighted by atomic mass is 79.9. The van der Waals surface area contributed by atoms with Crippen LogP contribution in [0.4, 0.5) is 0 Å². The van der Waals surface area contributed by atoms with Crippen molar-refractivity contribution in [1.29, 1.82) is 0 Å². The number of carbonyl (C=O) groups excluding carboxylic acids is 1. The van der Waals surface area contributed by atoms with Gasteiger partial charge in [0.1, 0.15) is 0 Å². The largest absolute Gasteiger partial charge is 0.369 e. The predicted octanol–water partition coefficient (Wildman–Crippen LogP) is 2.44. The second-order valence-corrected chi connectivity index (χ2v) is 4.61. The van der Waals surface area contributed by atoms with Gasteiger partial charge < -0.3 is 5.73 Å². The Morgan fingerprint density at radius 3 is 2.86 bits per heavy atom. The number of carbonyl (C=O) groups is 1. The minimum Gasteiger partial charge on any atom is -0.369 e. The van der Waals surface area contributed by atoms with E-state index in [1.54, 1.807) is 0 Å². The van der Waals surface area contributed by atoms with Crippen LogP contribution in [-0.2, 0) is 11.2 Å². The van der Waals surface area contributed by atoms with Gasteiger partial charge in [-0.15, -0.1) is 0 Å². The molecule has 0 bridgehead atoms. The summed E-state index contributed by atoms with van der Waals surface area (Å²) in [5, 5.41) is 0.715. The average Bonchev–Trinajstić information content (AvgIpc) is 2.12. The minimum absolute atomic E-state index is 0.334. The van der Waals surface area contributed by atoms with Crippen LogP contribution in [0.5, 0.6) is 0 Å². The summed E-state index contributed by atoms with van der Waals surface area (Å²) >= 11 is 9.17. The van der Waals surface area contributed by atoms with Crippen molar-refractivity contribution in [1.82, 2.24) is 0 Å². The lowest BCUT2D eigenvalue weighted by molar-refractivity contribution is -0.117. The van der Waals surface area contributed by atoms with Crippen molar-refractivity contribution in [2.24, 2.45) is 5.73 Å². The first-order valence-corrected chi connectivity index (χ1v) is 5.49. The molecule has 4 heteroatoms. The van der Waals surface area contributed by atoms with Crippen molar-refractivity contribution in [3.8, 4) is 0 Å². The molecule has 0 aliphatic carbocycles. The summed E-state index contributed by atoms with van der Waals surface area (Å²) in [5.41, 5.74) is 7.19. The van der Waals surface area contributed by atoms with Gasteiger partial charge in [-0.05, 0) is 30.5 Å². The lowest BCUT2D eigenvalue weighted by Gasteiger charge is -2.09. The van der Waals surface area contributed by atoms with Crippen molar-refractivity contribution < 1.29 is 4.79 Å². The monoisotopic (exact) mass is 275 g/mol. The molecule has 0 spiro atoms. The third kappa shape index (κ3) is 2.72. The van der Waals surface area contributed by atoms with Gasteiger partial charge in [-0.2, -0.15) is 0 Å². The predicted molar refractivity (Wildman–Crippen MR) is 61.8 cm³/mol. The summed E-state index contributed by atoms with van der Waals surface area (Å²) in [6.45, 7) is 1.93. The highest BCUT2D eigenvalue weighted by molar-refractivity contribution is 9.10. The van der Waals surface area contributed by atoms with Crippen LogP contribution >= 0.6 is 27.5 Å². The molecule has 2 N–H and O–H groups in total. The second kappa shape index (κ2) is 4.80. The molecule has 1 aromatic carbocycles. The highest BCUT2D eigenvalue weighted by Gasteiger charge is 2.13. The molecule has 1 atom stereocenters. The van der Waals surface area contributed by atoms with Crippen molar-refractivity contribution in [3.63, 3.8) is 0 Å². The van der Waals surface area contributed by atoms with Gasteiger partial charge in [-0.25, -0.2) is 0 Å². The molecule has 0 aliphatic rings. The van der Waals surface area contributed by atoms with E-state index in [1.807, 2.05) is 25.1 Å². The first-order valence-electron chi connectivity index (χ1n) is 4.19. The van der Waals surface area contributed by atoms with Gasteiger partial charge in [-0.1, -0.05) is 39.7 Å². The van der Waals surface area contributed by atoms with Crippen molar-refractivity contribution in [2.75, 3.05) is 0 Å². The molecule has 0 aromatic heterocycles. The molecular formula is C10H11BrClNO. The van der Waals surface area contributed by atoms with Gasteiger partial charge in [0, 0.05) is 5.02 Å². The van der Waals surface area contributed by atoms with Crippen LogP contribution in [-0.4, -0.2) is 10.7 Å². The summed E-state index contributed by atoms with van der Waals surface area (Å²) in [6.07, 6.45) is 0.571. The standard InChI is InChI=1S/C10H11BrClNO/c1-6-7(3-2-4-9(6)12)5-8(11)10(13)14/h2-4,8H,5H2,1H3,(H2,13,14). The smallest absolute Gasteiger partial charge is 0.231 e. The number of alkyl halides is 1. The molecule has 0 aliphatic heterocycles. The second-order valence-electron chi connectivity index (χ2n) is 3.10. The summed E-state index contributed by atoms with van der Waals surface area (Å²) in [6, 6.07) is 5.64. The number of hydrogen-bond acceptors (Lipinski definition) is 1. The van der Waals surface area contributed by atoms with Gasteiger partial charge in [0.05, 0.1) is 4.83 Å². The lowest BCUT2D eigenvalue weighted by Crippen LogP contribution is -2.25. The molecular weight excluding hydrogens is 265 g/mol. The first kappa shape index (κ1) is 11.5. The Morgan fingerprint density at radius 1 is 1.64 bits per heavy atom. The van der Waals surface area contributed by atoms with Crippen LogP contribution in [0.3, 0.4) is 0 Å². The maximum atomic E-state index is 10.8. The quantitative estimate of drug-likeness (QED) is 0.847. The number of halogens is 2. The van der Waals surface area contributed by atoms with Crippen LogP contribution in [0.2, 0.25) is 5.02 Å². The number of amides is 1. The molecule has 1 amide bonds. The molecule has 76 valence electrons. The third-order valence-corrected chi connectivity index (χ3v) is 3.27. The maximum Gasteiger partial charge on any atom is 0.231 e. The molecule has 0 fully saturated rings.